The van der Waals surface area contributed by atoms with E-state index >= 15 is 0 Å². The van der Waals surface area contributed by atoms with Gasteiger partial charge < -0.3 is 20.3 Å². The van der Waals surface area contributed by atoms with Crippen LogP contribution in [-0.2, 0) is 24.1 Å². The van der Waals surface area contributed by atoms with Gasteiger partial charge in [0.25, 0.3) is 0 Å². The summed E-state index contributed by atoms with van der Waals surface area (Å²) in [5.41, 5.74) is 2.02. The SMILES string of the molecule is COCCc1nccc(CC2C(NCc3cccc(Cl)c3)CC(O)C2CO)n1. The summed E-state index contributed by atoms with van der Waals surface area (Å²) in [7, 11) is 1.66. The molecule has 1 aromatic carbocycles. The van der Waals surface area contributed by atoms with E-state index < -0.39 is 6.10 Å². The molecule has 6 nitrogen and oxygen atoms in total. The van der Waals surface area contributed by atoms with Crippen molar-refractivity contribution in [3.8, 4) is 0 Å². The zero-order valence-electron chi connectivity index (χ0n) is 16.1. The summed E-state index contributed by atoms with van der Waals surface area (Å²) in [5, 5.41) is 24.5. The van der Waals surface area contributed by atoms with Crippen molar-refractivity contribution in [3.63, 3.8) is 0 Å². The molecule has 152 valence electrons. The van der Waals surface area contributed by atoms with E-state index in [-0.39, 0.29) is 24.5 Å². The van der Waals surface area contributed by atoms with Crippen molar-refractivity contribution in [3.05, 3.63) is 58.6 Å². The predicted molar refractivity (Wildman–Crippen MR) is 108 cm³/mol. The maximum atomic E-state index is 10.4. The molecule has 0 radical (unpaired) electrons. The van der Waals surface area contributed by atoms with Crippen LogP contribution in [0, 0.1) is 11.8 Å². The Morgan fingerprint density at radius 1 is 1.29 bits per heavy atom. The van der Waals surface area contributed by atoms with Gasteiger partial charge in [-0.3, -0.25) is 0 Å². The van der Waals surface area contributed by atoms with Crippen LogP contribution in [0.4, 0.5) is 0 Å². The van der Waals surface area contributed by atoms with E-state index in [9.17, 15) is 10.2 Å². The molecule has 1 heterocycles. The fourth-order valence-electron chi connectivity index (χ4n) is 3.98. The Balaban J connectivity index is 1.69. The number of methoxy groups -OCH3 is 1. The predicted octanol–water partition coefficient (Wildman–Crippen LogP) is 2.01. The molecule has 3 rings (SSSR count). The number of ether oxygens (including phenoxy) is 1. The highest BCUT2D eigenvalue weighted by molar-refractivity contribution is 6.30. The Labute approximate surface area is 170 Å². The second-order valence-electron chi connectivity index (χ2n) is 7.34. The average molecular weight is 406 g/mol. The van der Waals surface area contributed by atoms with Crippen LogP contribution in [-0.4, -0.2) is 52.7 Å². The van der Waals surface area contributed by atoms with Gasteiger partial charge in [-0.25, -0.2) is 9.97 Å². The summed E-state index contributed by atoms with van der Waals surface area (Å²) in [6.45, 7) is 1.20. The van der Waals surface area contributed by atoms with E-state index in [1.807, 2.05) is 30.3 Å². The summed E-state index contributed by atoms with van der Waals surface area (Å²) >= 11 is 6.07. The van der Waals surface area contributed by atoms with Crippen molar-refractivity contribution < 1.29 is 14.9 Å². The van der Waals surface area contributed by atoms with E-state index in [2.05, 4.69) is 15.3 Å². The molecule has 4 atom stereocenters. The topological polar surface area (TPSA) is 87.5 Å². The van der Waals surface area contributed by atoms with Gasteiger partial charge in [-0.05, 0) is 42.5 Å². The first kappa shape index (κ1) is 21.1. The number of rotatable bonds is 9. The van der Waals surface area contributed by atoms with Gasteiger partial charge in [-0.1, -0.05) is 23.7 Å². The highest BCUT2D eigenvalue weighted by atomic mass is 35.5. The van der Waals surface area contributed by atoms with Gasteiger partial charge in [0.15, 0.2) is 0 Å². The minimum absolute atomic E-state index is 0.0389. The summed E-state index contributed by atoms with van der Waals surface area (Å²) < 4.78 is 5.10. The van der Waals surface area contributed by atoms with Crippen molar-refractivity contribution >= 4 is 11.6 Å². The first-order chi connectivity index (χ1) is 13.6. The van der Waals surface area contributed by atoms with E-state index in [1.165, 1.54) is 0 Å². The van der Waals surface area contributed by atoms with Crippen LogP contribution in [0.25, 0.3) is 0 Å². The molecule has 0 amide bonds. The molecular weight excluding hydrogens is 378 g/mol. The lowest BCUT2D eigenvalue weighted by molar-refractivity contribution is 0.0716. The molecule has 1 fully saturated rings. The summed E-state index contributed by atoms with van der Waals surface area (Å²) in [6, 6.07) is 9.73. The van der Waals surface area contributed by atoms with Crippen LogP contribution in [0.1, 0.15) is 23.5 Å². The molecular formula is C21H28ClN3O3. The molecule has 3 N–H and O–H groups in total. The Morgan fingerprint density at radius 3 is 2.89 bits per heavy atom. The van der Waals surface area contributed by atoms with E-state index in [0.29, 0.717) is 37.4 Å². The molecule has 1 aromatic heterocycles. The third-order valence-corrected chi connectivity index (χ3v) is 5.70. The third-order valence-electron chi connectivity index (χ3n) is 5.46. The Kier molecular flexibility index (Phi) is 7.76. The van der Waals surface area contributed by atoms with E-state index in [0.717, 1.165) is 17.1 Å². The van der Waals surface area contributed by atoms with Crippen molar-refractivity contribution in [1.82, 2.24) is 15.3 Å². The molecule has 7 heteroatoms. The highest BCUT2D eigenvalue weighted by Crippen LogP contribution is 2.35. The summed E-state index contributed by atoms with van der Waals surface area (Å²) in [6.07, 6.45) is 3.19. The standard InChI is InChI=1S/C21H28ClN3O3/c1-28-8-6-21-23-7-5-16(25-21)10-17-18(13-26)20(27)11-19(17)24-12-14-3-2-4-15(22)9-14/h2-5,7,9,17-20,24,26-27H,6,8,10-13H2,1H3. The minimum Gasteiger partial charge on any atom is -0.396 e. The zero-order valence-corrected chi connectivity index (χ0v) is 16.8. The van der Waals surface area contributed by atoms with Gasteiger partial charge in [-0.2, -0.15) is 0 Å². The van der Waals surface area contributed by atoms with Crippen molar-refractivity contribution in [1.29, 1.82) is 0 Å². The Bertz CT molecular complexity index is 761. The average Bonchev–Trinajstić information content (AvgIpc) is 2.99. The fourth-order valence-corrected chi connectivity index (χ4v) is 4.20. The minimum atomic E-state index is -0.526. The Hall–Kier alpha value is -1.57. The Morgan fingerprint density at radius 2 is 2.14 bits per heavy atom. The summed E-state index contributed by atoms with van der Waals surface area (Å²) in [4.78, 5) is 8.92. The number of benzene rings is 1. The lowest BCUT2D eigenvalue weighted by Crippen LogP contribution is -2.36. The van der Waals surface area contributed by atoms with Gasteiger partial charge in [0.2, 0.25) is 0 Å². The molecule has 0 saturated heterocycles. The second-order valence-corrected chi connectivity index (χ2v) is 7.78. The van der Waals surface area contributed by atoms with Gasteiger partial charge in [-0.15, -0.1) is 0 Å². The normalized spacial score (nSPS) is 24.6. The number of hydrogen-bond donors (Lipinski definition) is 3. The largest absolute Gasteiger partial charge is 0.396 e. The van der Waals surface area contributed by atoms with Crippen LogP contribution < -0.4 is 5.32 Å². The molecule has 2 aromatic rings. The van der Waals surface area contributed by atoms with Crippen molar-refractivity contribution in [2.75, 3.05) is 20.3 Å². The quantitative estimate of drug-likeness (QED) is 0.591. The summed E-state index contributed by atoms with van der Waals surface area (Å²) in [5.74, 6) is 0.667. The zero-order chi connectivity index (χ0) is 19.9. The molecule has 28 heavy (non-hydrogen) atoms. The van der Waals surface area contributed by atoms with Crippen LogP contribution in [0.3, 0.4) is 0 Å². The number of aliphatic hydroxyl groups is 2. The van der Waals surface area contributed by atoms with E-state index in [1.54, 1.807) is 13.3 Å². The van der Waals surface area contributed by atoms with E-state index in [4.69, 9.17) is 16.3 Å². The number of aromatic nitrogens is 2. The maximum Gasteiger partial charge on any atom is 0.130 e. The van der Waals surface area contributed by atoms with Crippen LogP contribution in [0.15, 0.2) is 36.5 Å². The van der Waals surface area contributed by atoms with Gasteiger partial charge in [0.1, 0.15) is 5.82 Å². The first-order valence-corrected chi connectivity index (χ1v) is 10.0. The lowest BCUT2D eigenvalue weighted by Gasteiger charge is -2.25. The smallest absolute Gasteiger partial charge is 0.130 e. The monoisotopic (exact) mass is 405 g/mol. The van der Waals surface area contributed by atoms with Crippen LogP contribution in [0.5, 0.6) is 0 Å². The van der Waals surface area contributed by atoms with Crippen molar-refractivity contribution in [2.45, 2.75) is 38.0 Å². The molecule has 1 aliphatic rings. The van der Waals surface area contributed by atoms with Gasteiger partial charge >= 0.3 is 0 Å². The molecule has 0 bridgehead atoms. The molecule has 4 unspecified atom stereocenters. The third kappa shape index (κ3) is 5.49. The highest BCUT2D eigenvalue weighted by Gasteiger charge is 2.41. The van der Waals surface area contributed by atoms with Crippen molar-refractivity contribution in [2.24, 2.45) is 11.8 Å². The molecule has 1 aliphatic carbocycles. The van der Waals surface area contributed by atoms with Crippen LogP contribution in [0.2, 0.25) is 5.02 Å². The lowest BCUT2D eigenvalue weighted by atomic mass is 9.88. The van der Waals surface area contributed by atoms with Crippen LogP contribution >= 0.6 is 11.6 Å². The number of hydrogen-bond acceptors (Lipinski definition) is 6. The number of aliphatic hydroxyl groups excluding tert-OH is 2. The molecule has 0 spiro atoms. The number of nitrogens with one attached hydrogen (secondary N) is 1. The second kappa shape index (κ2) is 10.3. The number of halogens is 1. The molecule has 0 aliphatic heterocycles. The fraction of sp³-hybridized carbons (Fsp3) is 0.524. The number of nitrogens with zero attached hydrogens (tertiary/aromatic N) is 2. The van der Waals surface area contributed by atoms with Gasteiger partial charge in [0, 0.05) is 55.6 Å². The first-order valence-electron chi connectivity index (χ1n) is 9.67. The molecule has 1 saturated carbocycles. The van der Waals surface area contributed by atoms with Gasteiger partial charge in [0.05, 0.1) is 12.7 Å². The maximum absolute atomic E-state index is 10.4.